The number of carbonyl (C=O) groups is 1. The van der Waals surface area contributed by atoms with Crippen molar-refractivity contribution >= 4 is 5.91 Å². The van der Waals surface area contributed by atoms with Crippen LogP contribution in [-0.2, 0) is 9.53 Å². The second-order valence-corrected chi connectivity index (χ2v) is 3.90. The molecule has 1 heterocycles. The van der Waals surface area contributed by atoms with Crippen LogP contribution in [0.5, 0.6) is 0 Å². The van der Waals surface area contributed by atoms with Crippen molar-refractivity contribution in [2.24, 2.45) is 5.73 Å². The van der Waals surface area contributed by atoms with E-state index in [1.54, 1.807) is 0 Å². The maximum atomic E-state index is 11.4. The molecular formula is C10H20N2O2. The minimum absolute atomic E-state index is 0.0508. The van der Waals surface area contributed by atoms with Gasteiger partial charge in [0.2, 0.25) is 5.91 Å². The third kappa shape index (κ3) is 4.07. The number of rotatable bonds is 4. The Morgan fingerprint density at radius 1 is 1.64 bits per heavy atom. The summed E-state index contributed by atoms with van der Waals surface area (Å²) in [4.78, 5) is 11.4. The molecule has 0 saturated carbocycles. The van der Waals surface area contributed by atoms with Gasteiger partial charge in [-0.2, -0.15) is 0 Å². The van der Waals surface area contributed by atoms with Crippen LogP contribution in [0.1, 0.15) is 32.6 Å². The van der Waals surface area contributed by atoms with E-state index >= 15 is 0 Å². The number of nitrogens with one attached hydrogen (secondary N) is 1. The van der Waals surface area contributed by atoms with Gasteiger partial charge in [0.05, 0.1) is 12.5 Å². The Hall–Kier alpha value is -0.610. The van der Waals surface area contributed by atoms with E-state index in [1.807, 2.05) is 6.92 Å². The van der Waals surface area contributed by atoms with Crippen molar-refractivity contribution in [2.45, 2.75) is 44.8 Å². The summed E-state index contributed by atoms with van der Waals surface area (Å²) in [5, 5.41) is 2.83. The highest BCUT2D eigenvalue weighted by Gasteiger charge is 2.17. The SMILES string of the molecule is CC(CN)NC(=O)CC1CCCCO1. The van der Waals surface area contributed by atoms with E-state index in [1.165, 1.54) is 6.42 Å². The van der Waals surface area contributed by atoms with Crippen molar-refractivity contribution in [1.82, 2.24) is 5.32 Å². The third-order valence-corrected chi connectivity index (χ3v) is 2.45. The zero-order valence-corrected chi connectivity index (χ0v) is 8.79. The van der Waals surface area contributed by atoms with Gasteiger partial charge in [0.25, 0.3) is 0 Å². The fraction of sp³-hybridized carbons (Fsp3) is 0.900. The maximum Gasteiger partial charge on any atom is 0.222 e. The van der Waals surface area contributed by atoms with Crippen LogP contribution in [-0.4, -0.2) is 31.2 Å². The van der Waals surface area contributed by atoms with Gasteiger partial charge in [0, 0.05) is 19.2 Å². The van der Waals surface area contributed by atoms with Crippen LogP contribution in [0.3, 0.4) is 0 Å². The number of nitrogens with two attached hydrogens (primary N) is 1. The molecule has 14 heavy (non-hydrogen) atoms. The molecule has 0 spiro atoms. The third-order valence-electron chi connectivity index (χ3n) is 2.45. The summed E-state index contributed by atoms with van der Waals surface area (Å²) in [7, 11) is 0. The quantitative estimate of drug-likeness (QED) is 0.691. The lowest BCUT2D eigenvalue weighted by Crippen LogP contribution is -2.39. The van der Waals surface area contributed by atoms with Gasteiger partial charge >= 0.3 is 0 Å². The average molecular weight is 200 g/mol. The van der Waals surface area contributed by atoms with Gasteiger partial charge in [-0.1, -0.05) is 0 Å². The number of amides is 1. The Labute approximate surface area is 85.2 Å². The molecule has 4 nitrogen and oxygen atoms in total. The Morgan fingerprint density at radius 2 is 2.43 bits per heavy atom. The Kier molecular flexibility index (Phi) is 4.90. The minimum Gasteiger partial charge on any atom is -0.378 e. The molecule has 2 unspecified atom stereocenters. The van der Waals surface area contributed by atoms with Crippen LogP contribution in [0, 0.1) is 0 Å². The first kappa shape index (κ1) is 11.5. The molecule has 0 bridgehead atoms. The van der Waals surface area contributed by atoms with Crippen LogP contribution in [0.25, 0.3) is 0 Å². The number of hydrogen-bond donors (Lipinski definition) is 2. The molecule has 0 radical (unpaired) electrons. The summed E-state index contributed by atoms with van der Waals surface area (Å²) in [5.74, 6) is 0.0508. The van der Waals surface area contributed by atoms with Gasteiger partial charge in [-0.05, 0) is 26.2 Å². The molecule has 2 atom stereocenters. The lowest BCUT2D eigenvalue weighted by atomic mass is 10.1. The Bertz CT molecular complexity index is 179. The van der Waals surface area contributed by atoms with E-state index in [2.05, 4.69) is 5.32 Å². The molecule has 82 valence electrons. The van der Waals surface area contributed by atoms with Gasteiger partial charge in [0.15, 0.2) is 0 Å². The van der Waals surface area contributed by atoms with Crippen molar-refractivity contribution in [3.8, 4) is 0 Å². The number of ether oxygens (including phenoxy) is 1. The van der Waals surface area contributed by atoms with Gasteiger partial charge in [-0.25, -0.2) is 0 Å². The van der Waals surface area contributed by atoms with Crippen LogP contribution in [0.2, 0.25) is 0 Å². The predicted molar refractivity (Wildman–Crippen MR) is 54.9 cm³/mol. The van der Waals surface area contributed by atoms with E-state index in [4.69, 9.17) is 10.5 Å². The van der Waals surface area contributed by atoms with E-state index < -0.39 is 0 Å². The fourth-order valence-corrected chi connectivity index (χ4v) is 1.57. The molecule has 1 fully saturated rings. The molecular weight excluding hydrogens is 180 g/mol. The van der Waals surface area contributed by atoms with Crippen LogP contribution in [0.15, 0.2) is 0 Å². The highest BCUT2D eigenvalue weighted by molar-refractivity contribution is 5.76. The van der Waals surface area contributed by atoms with Gasteiger partial charge in [0.1, 0.15) is 0 Å². The van der Waals surface area contributed by atoms with Crippen LogP contribution < -0.4 is 11.1 Å². The first-order valence-electron chi connectivity index (χ1n) is 5.33. The zero-order chi connectivity index (χ0) is 10.4. The zero-order valence-electron chi connectivity index (χ0n) is 8.79. The first-order valence-corrected chi connectivity index (χ1v) is 5.33. The normalized spacial score (nSPS) is 24.3. The van der Waals surface area contributed by atoms with Crippen molar-refractivity contribution in [3.05, 3.63) is 0 Å². The summed E-state index contributed by atoms with van der Waals surface area (Å²) in [6.45, 7) is 3.18. The highest BCUT2D eigenvalue weighted by Crippen LogP contribution is 2.15. The second kappa shape index (κ2) is 5.98. The fourth-order valence-electron chi connectivity index (χ4n) is 1.57. The van der Waals surface area contributed by atoms with Gasteiger partial charge in [-0.15, -0.1) is 0 Å². The van der Waals surface area contributed by atoms with Crippen LogP contribution >= 0.6 is 0 Å². The van der Waals surface area contributed by atoms with Crippen molar-refractivity contribution in [3.63, 3.8) is 0 Å². The summed E-state index contributed by atoms with van der Waals surface area (Å²) < 4.78 is 5.47. The molecule has 1 aliphatic rings. The lowest BCUT2D eigenvalue weighted by molar-refractivity contribution is -0.125. The standard InChI is InChI=1S/C10H20N2O2/c1-8(7-11)12-10(13)6-9-4-2-3-5-14-9/h8-9H,2-7,11H2,1H3,(H,12,13). The van der Waals surface area contributed by atoms with E-state index in [0.717, 1.165) is 19.4 Å². The molecule has 4 heteroatoms. The first-order chi connectivity index (χ1) is 6.72. The molecule has 1 saturated heterocycles. The largest absolute Gasteiger partial charge is 0.378 e. The molecule has 3 N–H and O–H groups in total. The summed E-state index contributed by atoms with van der Waals surface area (Å²) in [6, 6.07) is 0.0612. The number of carbonyl (C=O) groups excluding carboxylic acids is 1. The molecule has 0 aromatic rings. The van der Waals surface area contributed by atoms with Crippen molar-refractivity contribution in [2.75, 3.05) is 13.2 Å². The second-order valence-electron chi connectivity index (χ2n) is 3.90. The van der Waals surface area contributed by atoms with Gasteiger partial charge in [-0.3, -0.25) is 4.79 Å². The van der Waals surface area contributed by atoms with E-state index in [0.29, 0.717) is 13.0 Å². The summed E-state index contributed by atoms with van der Waals surface area (Å²) in [5.41, 5.74) is 5.41. The van der Waals surface area contributed by atoms with Crippen molar-refractivity contribution < 1.29 is 9.53 Å². The van der Waals surface area contributed by atoms with E-state index in [-0.39, 0.29) is 18.1 Å². The highest BCUT2D eigenvalue weighted by atomic mass is 16.5. The summed E-state index contributed by atoms with van der Waals surface area (Å²) >= 11 is 0. The van der Waals surface area contributed by atoms with E-state index in [9.17, 15) is 4.79 Å². The van der Waals surface area contributed by atoms with Crippen LogP contribution in [0.4, 0.5) is 0 Å². The molecule has 0 aliphatic carbocycles. The molecule has 1 amide bonds. The number of hydrogen-bond acceptors (Lipinski definition) is 3. The average Bonchev–Trinajstić information content (AvgIpc) is 2.19. The lowest BCUT2D eigenvalue weighted by Gasteiger charge is -2.22. The molecule has 1 rings (SSSR count). The minimum atomic E-state index is 0.0508. The Morgan fingerprint density at radius 3 is 3.00 bits per heavy atom. The topological polar surface area (TPSA) is 64.3 Å². The summed E-state index contributed by atoms with van der Waals surface area (Å²) in [6.07, 6.45) is 3.89. The molecule has 0 aromatic heterocycles. The Balaban J connectivity index is 2.18. The molecule has 1 aliphatic heterocycles. The van der Waals surface area contributed by atoms with Gasteiger partial charge < -0.3 is 15.8 Å². The maximum absolute atomic E-state index is 11.4. The monoisotopic (exact) mass is 200 g/mol. The molecule has 0 aromatic carbocycles. The smallest absolute Gasteiger partial charge is 0.222 e. The van der Waals surface area contributed by atoms with Crippen molar-refractivity contribution in [1.29, 1.82) is 0 Å². The predicted octanol–water partition coefficient (Wildman–Crippen LogP) is 0.409.